The van der Waals surface area contributed by atoms with Gasteiger partial charge in [0, 0.05) is 18.2 Å². The maximum atomic E-state index is 10.9. The first-order chi connectivity index (χ1) is 8.74. The standard InChI is InChI=1S/C14H18N2O2/c15-14(17)10-1-3-12(4-2-10)18-8-7-16-6-5-11-9-13(11)16/h1-4,11,13H,5-9H2,(H2,15,17)/t11-,13+/m0/s1. The lowest BCUT2D eigenvalue weighted by molar-refractivity contribution is 0.100. The quantitative estimate of drug-likeness (QED) is 0.851. The van der Waals surface area contributed by atoms with Gasteiger partial charge in [-0.15, -0.1) is 0 Å². The van der Waals surface area contributed by atoms with Crippen molar-refractivity contribution < 1.29 is 9.53 Å². The van der Waals surface area contributed by atoms with Crippen molar-refractivity contribution in [2.45, 2.75) is 18.9 Å². The van der Waals surface area contributed by atoms with E-state index in [-0.39, 0.29) is 0 Å². The molecule has 0 bridgehead atoms. The van der Waals surface area contributed by atoms with Crippen molar-refractivity contribution in [2.75, 3.05) is 19.7 Å². The molecule has 1 aromatic carbocycles. The molecule has 0 unspecified atom stereocenters. The number of amides is 1. The van der Waals surface area contributed by atoms with E-state index in [4.69, 9.17) is 10.5 Å². The van der Waals surface area contributed by atoms with E-state index in [1.807, 2.05) is 0 Å². The summed E-state index contributed by atoms with van der Waals surface area (Å²) in [4.78, 5) is 13.4. The zero-order valence-electron chi connectivity index (χ0n) is 10.3. The van der Waals surface area contributed by atoms with E-state index in [9.17, 15) is 4.79 Å². The normalized spacial score (nSPS) is 25.8. The molecular formula is C14H18N2O2. The van der Waals surface area contributed by atoms with Gasteiger partial charge in [0.1, 0.15) is 12.4 Å². The molecule has 0 spiro atoms. The number of ether oxygens (including phenoxy) is 1. The molecule has 1 aliphatic carbocycles. The zero-order valence-corrected chi connectivity index (χ0v) is 10.3. The third kappa shape index (κ3) is 2.34. The number of likely N-dealkylation sites (tertiary alicyclic amines) is 1. The van der Waals surface area contributed by atoms with Crippen LogP contribution >= 0.6 is 0 Å². The van der Waals surface area contributed by atoms with Crippen molar-refractivity contribution >= 4 is 5.91 Å². The second-order valence-corrected chi connectivity index (χ2v) is 5.12. The molecule has 4 heteroatoms. The van der Waals surface area contributed by atoms with Crippen LogP contribution in [0, 0.1) is 5.92 Å². The SMILES string of the molecule is NC(=O)c1ccc(OCCN2CC[C@H]3C[C@H]32)cc1. The minimum Gasteiger partial charge on any atom is -0.492 e. The number of hydrogen-bond donors (Lipinski definition) is 1. The number of primary amides is 1. The Bertz CT molecular complexity index is 444. The van der Waals surface area contributed by atoms with E-state index in [2.05, 4.69) is 4.90 Å². The van der Waals surface area contributed by atoms with E-state index in [1.54, 1.807) is 24.3 Å². The highest BCUT2D eigenvalue weighted by molar-refractivity contribution is 5.92. The summed E-state index contributed by atoms with van der Waals surface area (Å²) in [5.74, 6) is 1.37. The highest BCUT2D eigenvalue weighted by atomic mass is 16.5. The van der Waals surface area contributed by atoms with Gasteiger partial charge in [-0.2, -0.15) is 0 Å². The average Bonchev–Trinajstić information content (AvgIpc) is 3.05. The summed E-state index contributed by atoms with van der Waals surface area (Å²) in [7, 11) is 0. The van der Waals surface area contributed by atoms with E-state index >= 15 is 0 Å². The van der Waals surface area contributed by atoms with E-state index in [0.29, 0.717) is 12.2 Å². The average molecular weight is 246 g/mol. The molecule has 0 radical (unpaired) electrons. The maximum absolute atomic E-state index is 10.9. The Kier molecular flexibility index (Phi) is 2.96. The fourth-order valence-electron chi connectivity index (χ4n) is 2.76. The van der Waals surface area contributed by atoms with Crippen molar-refractivity contribution in [2.24, 2.45) is 11.7 Å². The van der Waals surface area contributed by atoms with Crippen molar-refractivity contribution in [3.63, 3.8) is 0 Å². The molecule has 2 fully saturated rings. The molecule has 2 aliphatic rings. The highest BCUT2D eigenvalue weighted by Gasteiger charge is 2.46. The van der Waals surface area contributed by atoms with Gasteiger partial charge in [-0.3, -0.25) is 9.69 Å². The van der Waals surface area contributed by atoms with Gasteiger partial charge < -0.3 is 10.5 Å². The number of carbonyl (C=O) groups excluding carboxylic acids is 1. The molecule has 0 aromatic heterocycles. The van der Waals surface area contributed by atoms with Crippen LogP contribution in [0.5, 0.6) is 5.75 Å². The molecule has 3 rings (SSSR count). The molecule has 2 N–H and O–H groups in total. The van der Waals surface area contributed by atoms with E-state index < -0.39 is 5.91 Å². The summed E-state index contributed by atoms with van der Waals surface area (Å²) in [6, 6.07) is 7.83. The minimum atomic E-state index is -0.404. The van der Waals surface area contributed by atoms with Gasteiger partial charge in [0.2, 0.25) is 5.91 Å². The van der Waals surface area contributed by atoms with Gasteiger partial charge in [0.25, 0.3) is 0 Å². The summed E-state index contributed by atoms with van der Waals surface area (Å²) < 4.78 is 5.68. The molecule has 1 aliphatic heterocycles. The van der Waals surface area contributed by atoms with Gasteiger partial charge in [-0.05, 0) is 49.6 Å². The summed E-state index contributed by atoms with van der Waals surface area (Å²) in [5.41, 5.74) is 5.70. The van der Waals surface area contributed by atoms with Crippen molar-refractivity contribution in [3.8, 4) is 5.75 Å². The van der Waals surface area contributed by atoms with Crippen LogP contribution in [0.4, 0.5) is 0 Å². The molecule has 1 heterocycles. The number of fused-ring (bicyclic) bond motifs is 1. The van der Waals surface area contributed by atoms with Crippen LogP contribution in [-0.2, 0) is 0 Å². The lowest BCUT2D eigenvalue weighted by Crippen LogP contribution is -2.28. The Morgan fingerprint density at radius 2 is 2.17 bits per heavy atom. The molecule has 18 heavy (non-hydrogen) atoms. The minimum absolute atomic E-state index is 0.404. The third-order valence-corrected chi connectivity index (χ3v) is 3.93. The number of rotatable bonds is 5. The Morgan fingerprint density at radius 1 is 1.39 bits per heavy atom. The molecular weight excluding hydrogens is 228 g/mol. The number of nitrogens with two attached hydrogens (primary N) is 1. The van der Waals surface area contributed by atoms with Crippen LogP contribution in [0.25, 0.3) is 0 Å². The largest absolute Gasteiger partial charge is 0.492 e. The van der Waals surface area contributed by atoms with Crippen LogP contribution in [0.3, 0.4) is 0 Å². The number of carbonyl (C=O) groups is 1. The van der Waals surface area contributed by atoms with Crippen LogP contribution in [0.2, 0.25) is 0 Å². The Balaban J connectivity index is 1.46. The predicted molar refractivity (Wildman–Crippen MR) is 68.5 cm³/mol. The van der Waals surface area contributed by atoms with Gasteiger partial charge >= 0.3 is 0 Å². The maximum Gasteiger partial charge on any atom is 0.248 e. The van der Waals surface area contributed by atoms with E-state index in [0.717, 1.165) is 24.3 Å². The number of piperidine rings is 1. The third-order valence-electron chi connectivity index (χ3n) is 3.93. The Morgan fingerprint density at radius 3 is 2.72 bits per heavy atom. The van der Waals surface area contributed by atoms with Gasteiger partial charge in [-0.1, -0.05) is 0 Å². The van der Waals surface area contributed by atoms with Crippen LogP contribution in [0.15, 0.2) is 24.3 Å². The molecule has 2 atom stereocenters. The van der Waals surface area contributed by atoms with Crippen molar-refractivity contribution in [1.29, 1.82) is 0 Å². The number of benzene rings is 1. The van der Waals surface area contributed by atoms with Gasteiger partial charge in [-0.25, -0.2) is 0 Å². The number of hydrogen-bond acceptors (Lipinski definition) is 3. The molecule has 1 amide bonds. The summed E-state index contributed by atoms with van der Waals surface area (Å²) in [5, 5.41) is 0. The second-order valence-electron chi connectivity index (χ2n) is 5.12. The zero-order chi connectivity index (χ0) is 12.5. The number of nitrogens with zero attached hydrogens (tertiary/aromatic N) is 1. The van der Waals surface area contributed by atoms with Crippen molar-refractivity contribution in [3.05, 3.63) is 29.8 Å². The molecule has 1 aromatic rings. The first-order valence-electron chi connectivity index (χ1n) is 6.51. The monoisotopic (exact) mass is 246 g/mol. The first-order valence-corrected chi connectivity index (χ1v) is 6.51. The molecule has 96 valence electrons. The lowest BCUT2D eigenvalue weighted by atomic mass is 10.2. The summed E-state index contributed by atoms with van der Waals surface area (Å²) in [6.07, 6.45) is 2.74. The van der Waals surface area contributed by atoms with Crippen LogP contribution < -0.4 is 10.5 Å². The predicted octanol–water partition coefficient (Wildman–Crippen LogP) is 1.26. The van der Waals surface area contributed by atoms with Gasteiger partial charge in [0.05, 0.1) is 0 Å². The highest BCUT2D eigenvalue weighted by Crippen LogP contribution is 2.43. The van der Waals surface area contributed by atoms with Gasteiger partial charge in [0.15, 0.2) is 0 Å². The summed E-state index contributed by atoms with van der Waals surface area (Å²) in [6.45, 7) is 2.93. The first kappa shape index (κ1) is 11.5. The lowest BCUT2D eigenvalue weighted by Gasteiger charge is -2.17. The fraction of sp³-hybridized carbons (Fsp3) is 0.500. The Labute approximate surface area is 107 Å². The smallest absolute Gasteiger partial charge is 0.248 e. The van der Waals surface area contributed by atoms with E-state index in [1.165, 1.54) is 19.4 Å². The molecule has 4 nitrogen and oxygen atoms in total. The molecule has 1 saturated carbocycles. The Hall–Kier alpha value is -1.55. The fourth-order valence-corrected chi connectivity index (χ4v) is 2.76. The van der Waals surface area contributed by atoms with Crippen molar-refractivity contribution in [1.82, 2.24) is 4.90 Å². The van der Waals surface area contributed by atoms with Crippen LogP contribution in [-0.4, -0.2) is 36.5 Å². The topological polar surface area (TPSA) is 55.6 Å². The molecule has 1 saturated heterocycles. The second kappa shape index (κ2) is 4.61. The summed E-state index contributed by atoms with van der Waals surface area (Å²) >= 11 is 0. The van der Waals surface area contributed by atoms with Crippen LogP contribution in [0.1, 0.15) is 23.2 Å².